The van der Waals surface area contributed by atoms with Crippen LogP contribution in [0.1, 0.15) is 46.3 Å². The second-order valence-corrected chi connectivity index (χ2v) is 7.67. The first-order valence-electron chi connectivity index (χ1n) is 9.11. The summed E-state index contributed by atoms with van der Waals surface area (Å²) >= 11 is 1.41. The van der Waals surface area contributed by atoms with Crippen molar-refractivity contribution in [1.29, 1.82) is 0 Å². The van der Waals surface area contributed by atoms with E-state index in [1.165, 1.54) is 53.3 Å². The zero-order valence-electron chi connectivity index (χ0n) is 15.4. The summed E-state index contributed by atoms with van der Waals surface area (Å²) in [6, 6.07) is 7.68. The normalized spacial score (nSPS) is 14.7. The lowest BCUT2D eigenvalue weighted by atomic mass is 10.1. The van der Waals surface area contributed by atoms with Crippen LogP contribution in [0.5, 0.6) is 5.75 Å². The zero-order valence-corrected chi connectivity index (χ0v) is 16.2. The third kappa shape index (κ3) is 5.07. The number of amides is 1. The number of thiophene rings is 1. The Balaban J connectivity index is 1.62. The molecule has 1 aromatic carbocycles. The van der Waals surface area contributed by atoms with Crippen LogP contribution in [0.4, 0.5) is 14.5 Å². The molecule has 0 saturated heterocycles. The quantitative estimate of drug-likeness (QED) is 0.550. The van der Waals surface area contributed by atoms with E-state index in [1.54, 1.807) is 6.07 Å². The summed E-state index contributed by atoms with van der Waals surface area (Å²) in [4.78, 5) is 26.4. The molecule has 150 valence electrons. The van der Waals surface area contributed by atoms with E-state index in [4.69, 9.17) is 4.74 Å². The molecule has 0 radical (unpaired) electrons. The molecule has 2 aromatic rings. The van der Waals surface area contributed by atoms with Crippen LogP contribution in [0, 0.1) is 0 Å². The molecule has 1 amide bonds. The van der Waals surface area contributed by atoms with Crippen molar-refractivity contribution in [3.8, 4) is 5.75 Å². The van der Waals surface area contributed by atoms with Gasteiger partial charge < -0.3 is 14.8 Å². The van der Waals surface area contributed by atoms with Crippen molar-refractivity contribution in [2.45, 2.75) is 51.7 Å². The van der Waals surface area contributed by atoms with Gasteiger partial charge in [0.25, 0.3) is 5.91 Å². The minimum absolute atomic E-state index is 0.0820. The molecular formula is C20H21F2NO4S. The molecule has 1 heterocycles. The highest BCUT2D eigenvalue weighted by molar-refractivity contribution is 7.14. The van der Waals surface area contributed by atoms with Crippen LogP contribution in [-0.2, 0) is 22.4 Å². The van der Waals surface area contributed by atoms with Gasteiger partial charge >= 0.3 is 12.6 Å². The Labute approximate surface area is 165 Å². The lowest BCUT2D eigenvalue weighted by Gasteiger charge is -2.15. The average Bonchev–Trinajstić information content (AvgIpc) is 2.93. The Morgan fingerprint density at radius 3 is 2.68 bits per heavy atom. The van der Waals surface area contributed by atoms with Gasteiger partial charge in [-0.3, -0.25) is 4.79 Å². The fraction of sp³-hybridized carbons (Fsp3) is 0.400. The number of carbonyl (C=O) groups excluding carboxylic acids is 2. The SMILES string of the molecule is C[C@@H](OC(=O)c1cc2c(s1)CCCCC2)C(=O)Nc1ccccc1OC(F)F. The summed E-state index contributed by atoms with van der Waals surface area (Å²) in [6.45, 7) is -1.58. The Morgan fingerprint density at radius 2 is 1.89 bits per heavy atom. The summed E-state index contributed by atoms with van der Waals surface area (Å²) in [5.74, 6) is -1.35. The highest BCUT2D eigenvalue weighted by atomic mass is 32.1. The predicted octanol–water partition coefficient (Wildman–Crippen LogP) is 4.80. The molecule has 1 atom stereocenters. The summed E-state index contributed by atoms with van der Waals surface area (Å²) in [7, 11) is 0. The molecule has 0 saturated carbocycles. The summed E-state index contributed by atoms with van der Waals surface area (Å²) in [6.07, 6.45) is 4.24. The number of halogens is 2. The van der Waals surface area contributed by atoms with E-state index in [2.05, 4.69) is 10.1 Å². The number of hydrogen-bond acceptors (Lipinski definition) is 5. The van der Waals surface area contributed by atoms with Crippen molar-refractivity contribution in [2.75, 3.05) is 5.32 Å². The molecule has 3 rings (SSSR count). The molecule has 0 fully saturated rings. The van der Waals surface area contributed by atoms with E-state index in [1.807, 2.05) is 6.07 Å². The molecule has 1 aliphatic rings. The average molecular weight is 409 g/mol. The van der Waals surface area contributed by atoms with Crippen molar-refractivity contribution in [1.82, 2.24) is 0 Å². The van der Waals surface area contributed by atoms with Gasteiger partial charge in [-0.05, 0) is 56.4 Å². The molecule has 1 aromatic heterocycles. The fourth-order valence-corrected chi connectivity index (χ4v) is 4.18. The molecule has 5 nitrogen and oxygen atoms in total. The van der Waals surface area contributed by atoms with E-state index in [-0.39, 0.29) is 11.4 Å². The third-order valence-corrected chi connectivity index (χ3v) is 5.68. The Morgan fingerprint density at radius 1 is 1.14 bits per heavy atom. The highest BCUT2D eigenvalue weighted by Gasteiger charge is 2.23. The number of esters is 1. The molecule has 1 aliphatic carbocycles. The zero-order chi connectivity index (χ0) is 20.1. The molecular weight excluding hydrogens is 388 g/mol. The minimum atomic E-state index is -3.01. The smallest absolute Gasteiger partial charge is 0.387 e. The Kier molecular flexibility index (Phi) is 6.61. The number of anilines is 1. The number of para-hydroxylation sites is 2. The molecule has 0 aliphatic heterocycles. The van der Waals surface area contributed by atoms with Crippen molar-refractivity contribution >= 4 is 28.9 Å². The maximum absolute atomic E-state index is 12.5. The lowest BCUT2D eigenvalue weighted by molar-refractivity contribution is -0.123. The van der Waals surface area contributed by atoms with Gasteiger partial charge in [0.2, 0.25) is 0 Å². The van der Waals surface area contributed by atoms with Gasteiger partial charge in [0, 0.05) is 4.88 Å². The third-order valence-electron chi connectivity index (χ3n) is 4.46. The summed E-state index contributed by atoms with van der Waals surface area (Å²) < 4.78 is 34.6. The van der Waals surface area contributed by atoms with E-state index in [9.17, 15) is 18.4 Å². The van der Waals surface area contributed by atoms with Crippen molar-refractivity contribution in [3.05, 3.63) is 45.6 Å². The predicted molar refractivity (Wildman–Crippen MR) is 102 cm³/mol. The van der Waals surface area contributed by atoms with Gasteiger partial charge in [-0.15, -0.1) is 11.3 Å². The van der Waals surface area contributed by atoms with E-state index in [0.29, 0.717) is 4.88 Å². The van der Waals surface area contributed by atoms with Gasteiger partial charge in [0.1, 0.15) is 10.6 Å². The topological polar surface area (TPSA) is 64.6 Å². The van der Waals surface area contributed by atoms with Gasteiger partial charge in [-0.25, -0.2) is 4.79 Å². The second-order valence-electron chi connectivity index (χ2n) is 6.53. The van der Waals surface area contributed by atoms with Gasteiger partial charge in [0.15, 0.2) is 6.10 Å². The van der Waals surface area contributed by atoms with Gasteiger partial charge in [-0.2, -0.15) is 8.78 Å². The van der Waals surface area contributed by atoms with Crippen LogP contribution in [0.25, 0.3) is 0 Å². The van der Waals surface area contributed by atoms with E-state index < -0.39 is 24.6 Å². The van der Waals surface area contributed by atoms with Crippen LogP contribution in [0.2, 0.25) is 0 Å². The molecule has 28 heavy (non-hydrogen) atoms. The molecule has 1 N–H and O–H groups in total. The minimum Gasteiger partial charge on any atom is -0.448 e. The number of aryl methyl sites for hydroxylation is 2. The number of hydrogen-bond donors (Lipinski definition) is 1. The monoisotopic (exact) mass is 409 g/mol. The maximum Gasteiger partial charge on any atom is 0.387 e. The number of benzene rings is 1. The molecule has 0 unspecified atom stereocenters. The van der Waals surface area contributed by atoms with Crippen molar-refractivity contribution in [2.24, 2.45) is 0 Å². The lowest BCUT2D eigenvalue weighted by Crippen LogP contribution is -2.30. The van der Waals surface area contributed by atoms with Crippen LogP contribution in [0.15, 0.2) is 30.3 Å². The molecule has 0 spiro atoms. The number of nitrogens with one attached hydrogen (secondary N) is 1. The highest BCUT2D eigenvalue weighted by Crippen LogP contribution is 2.30. The maximum atomic E-state index is 12.5. The first-order valence-corrected chi connectivity index (χ1v) is 9.93. The van der Waals surface area contributed by atoms with E-state index in [0.717, 1.165) is 25.7 Å². The van der Waals surface area contributed by atoms with Crippen LogP contribution in [-0.4, -0.2) is 24.6 Å². The van der Waals surface area contributed by atoms with Gasteiger partial charge in [-0.1, -0.05) is 18.6 Å². The van der Waals surface area contributed by atoms with Crippen LogP contribution in [0.3, 0.4) is 0 Å². The number of fused-ring (bicyclic) bond motifs is 1. The van der Waals surface area contributed by atoms with Gasteiger partial charge in [0.05, 0.1) is 5.69 Å². The first kappa shape index (κ1) is 20.3. The Bertz CT molecular complexity index is 829. The standard InChI is InChI=1S/C20H21F2NO4S/c1-12(18(24)23-14-8-5-6-9-15(14)27-20(21)22)26-19(25)17-11-13-7-3-2-4-10-16(13)28-17/h5-6,8-9,11-12,20H,2-4,7,10H2,1H3,(H,23,24)/t12-/m1/s1. The van der Waals surface area contributed by atoms with Crippen LogP contribution < -0.4 is 10.1 Å². The number of carbonyl (C=O) groups is 2. The van der Waals surface area contributed by atoms with Crippen molar-refractivity contribution in [3.63, 3.8) is 0 Å². The molecule has 8 heteroatoms. The number of rotatable bonds is 6. The number of alkyl halides is 2. The first-order chi connectivity index (χ1) is 13.4. The number of ether oxygens (including phenoxy) is 2. The second kappa shape index (κ2) is 9.14. The van der Waals surface area contributed by atoms with E-state index >= 15 is 0 Å². The summed E-state index contributed by atoms with van der Waals surface area (Å²) in [5.41, 5.74) is 1.27. The Hall–Kier alpha value is -2.48. The molecule has 0 bridgehead atoms. The van der Waals surface area contributed by atoms with Crippen molar-refractivity contribution < 1.29 is 27.8 Å². The largest absolute Gasteiger partial charge is 0.448 e. The summed E-state index contributed by atoms with van der Waals surface area (Å²) in [5, 5.41) is 2.46. The fourth-order valence-electron chi connectivity index (χ4n) is 3.04. The van der Waals surface area contributed by atoms with Crippen LogP contribution >= 0.6 is 11.3 Å².